The first-order valence-corrected chi connectivity index (χ1v) is 4.15. The Morgan fingerprint density at radius 2 is 1.08 bits per heavy atom. The van der Waals surface area contributed by atoms with Gasteiger partial charge in [-0.1, -0.05) is 0 Å². The molecule has 0 rings (SSSR count). The molecule has 6 heteroatoms. The summed E-state index contributed by atoms with van der Waals surface area (Å²) < 4.78 is 0. The van der Waals surface area contributed by atoms with Crippen molar-refractivity contribution in [2.75, 3.05) is 0 Å². The van der Waals surface area contributed by atoms with Crippen molar-refractivity contribution in [1.29, 1.82) is 0 Å². The fraction of sp³-hybridized carbons (Fsp3) is 0.667. The third kappa shape index (κ3) is 12.6. The van der Waals surface area contributed by atoms with E-state index in [1.54, 1.807) is 13.8 Å². The molecule has 72 valence electrons. The number of hydrogen-bond donors (Lipinski definition) is 4. The van der Waals surface area contributed by atoms with Crippen LogP contribution < -0.4 is 11.5 Å². The van der Waals surface area contributed by atoms with Gasteiger partial charge in [0.05, 0.1) is 12.1 Å². The molecule has 12 heavy (non-hydrogen) atoms. The van der Waals surface area contributed by atoms with Crippen LogP contribution in [-0.4, -0.2) is 22.3 Å². The molecule has 0 aromatic heterocycles. The van der Waals surface area contributed by atoms with Gasteiger partial charge in [0, 0.05) is 0 Å². The molecule has 0 radical (unpaired) electrons. The van der Waals surface area contributed by atoms with Crippen LogP contribution >= 0.6 is 25.3 Å². The summed E-state index contributed by atoms with van der Waals surface area (Å²) in [6.45, 7) is 3.19. The van der Waals surface area contributed by atoms with Gasteiger partial charge in [-0.05, 0) is 13.8 Å². The molecule has 2 unspecified atom stereocenters. The number of carbonyl (C=O) groups is 2. The minimum absolute atomic E-state index is 0.269. The highest BCUT2D eigenvalue weighted by Crippen LogP contribution is 1.81. The molecule has 0 aliphatic rings. The molecular weight excluding hydrogens is 196 g/mol. The lowest BCUT2D eigenvalue weighted by atomic mass is 10.4. The molecule has 0 aliphatic carbocycles. The van der Waals surface area contributed by atoms with Gasteiger partial charge in [0.1, 0.15) is 0 Å². The topological polar surface area (TPSA) is 86.2 Å². The van der Waals surface area contributed by atoms with Gasteiger partial charge in [-0.25, -0.2) is 0 Å². The zero-order chi connectivity index (χ0) is 10.3. The van der Waals surface area contributed by atoms with E-state index in [9.17, 15) is 9.59 Å². The monoisotopic (exact) mass is 210 g/mol. The van der Waals surface area contributed by atoms with Crippen LogP contribution in [-0.2, 0) is 9.59 Å². The van der Waals surface area contributed by atoms with Gasteiger partial charge in [-0.2, -0.15) is 0 Å². The minimum atomic E-state index is -0.423. The van der Waals surface area contributed by atoms with Crippen LogP contribution in [0.25, 0.3) is 0 Å². The van der Waals surface area contributed by atoms with Crippen LogP contribution in [0, 0.1) is 0 Å². The second-order valence-corrected chi connectivity index (χ2v) is 3.14. The molecule has 0 saturated heterocycles. The van der Waals surface area contributed by atoms with Gasteiger partial charge in [-0.15, -0.1) is 25.3 Å². The standard InChI is InChI=1S/2C3H7NOS/c2*1-2(4)3(5)6/h2*2H,4H2,1H3,(H,5,6). The van der Waals surface area contributed by atoms with Crippen molar-refractivity contribution in [3.05, 3.63) is 0 Å². The maximum atomic E-state index is 9.88. The van der Waals surface area contributed by atoms with Crippen LogP contribution in [0.2, 0.25) is 0 Å². The highest BCUT2D eigenvalue weighted by Gasteiger charge is 1.97. The summed E-state index contributed by atoms with van der Waals surface area (Å²) in [5.41, 5.74) is 10.0. The molecule has 0 aromatic rings. The Bertz CT molecular complexity index is 142. The Labute approximate surface area is 82.9 Å². The fourth-order valence-electron chi connectivity index (χ4n) is 0. The van der Waals surface area contributed by atoms with Gasteiger partial charge in [0.25, 0.3) is 0 Å². The highest BCUT2D eigenvalue weighted by atomic mass is 32.1. The largest absolute Gasteiger partial charge is 0.321 e. The Morgan fingerprint density at radius 1 is 1.00 bits per heavy atom. The molecule has 0 aliphatic heterocycles. The predicted molar refractivity (Wildman–Crippen MR) is 55.3 cm³/mol. The molecule has 0 aromatic carbocycles. The lowest BCUT2D eigenvalue weighted by molar-refractivity contribution is -0.112. The molecule has 0 heterocycles. The van der Waals surface area contributed by atoms with Gasteiger partial charge in [0.2, 0.25) is 10.2 Å². The quantitative estimate of drug-likeness (QED) is 0.466. The van der Waals surface area contributed by atoms with Crippen LogP contribution in [0.4, 0.5) is 0 Å². The fourth-order valence-corrected chi connectivity index (χ4v) is 0. The minimum Gasteiger partial charge on any atom is -0.321 e. The van der Waals surface area contributed by atoms with Crippen molar-refractivity contribution in [2.24, 2.45) is 11.5 Å². The highest BCUT2D eigenvalue weighted by molar-refractivity contribution is 7.97. The summed E-state index contributed by atoms with van der Waals surface area (Å²) in [4.78, 5) is 19.8. The summed E-state index contributed by atoms with van der Waals surface area (Å²) in [7, 11) is 0. The van der Waals surface area contributed by atoms with E-state index in [4.69, 9.17) is 11.5 Å². The first-order valence-electron chi connectivity index (χ1n) is 3.25. The average molecular weight is 210 g/mol. The zero-order valence-electron chi connectivity index (χ0n) is 7.02. The number of carbonyl (C=O) groups excluding carboxylic acids is 2. The molecular formula is C6H14N2O2S2. The molecule has 4 nitrogen and oxygen atoms in total. The van der Waals surface area contributed by atoms with E-state index < -0.39 is 12.1 Å². The SMILES string of the molecule is CC(N)C(=O)S.CC(N)C(=O)S. The molecule has 0 amide bonds. The molecule has 0 bridgehead atoms. The van der Waals surface area contributed by atoms with Gasteiger partial charge in [0.15, 0.2) is 0 Å². The van der Waals surface area contributed by atoms with E-state index >= 15 is 0 Å². The first kappa shape index (κ1) is 14.5. The van der Waals surface area contributed by atoms with E-state index in [2.05, 4.69) is 25.3 Å². The maximum Gasteiger partial charge on any atom is 0.202 e. The zero-order valence-corrected chi connectivity index (χ0v) is 8.81. The Balaban J connectivity index is 0. The van der Waals surface area contributed by atoms with Crippen molar-refractivity contribution in [2.45, 2.75) is 25.9 Å². The molecule has 2 atom stereocenters. The van der Waals surface area contributed by atoms with E-state index in [-0.39, 0.29) is 10.2 Å². The first-order chi connectivity index (χ1) is 5.29. The van der Waals surface area contributed by atoms with Gasteiger partial charge >= 0.3 is 0 Å². The molecule has 4 N–H and O–H groups in total. The van der Waals surface area contributed by atoms with E-state index in [0.29, 0.717) is 0 Å². The summed E-state index contributed by atoms with van der Waals surface area (Å²) >= 11 is 6.86. The van der Waals surface area contributed by atoms with Crippen LogP contribution in [0.15, 0.2) is 0 Å². The predicted octanol–water partition coefficient (Wildman–Crippen LogP) is -0.420. The van der Waals surface area contributed by atoms with E-state index in [0.717, 1.165) is 0 Å². The van der Waals surface area contributed by atoms with Crippen molar-refractivity contribution in [3.63, 3.8) is 0 Å². The number of thiol groups is 2. The van der Waals surface area contributed by atoms with E-state index in [1.165, 1.54) is 0 Å². The molecule has 0 saturated carbocycles. The summed E-state index contributed by atoms with van der Waals surface area (Å²) in [5, 5.41) is -0.537. The number of hydrogen-bond acceptors (Lipinski definition) is 4. The molecule has 0 fully saturated rings. The van der Waals surface area contributed by atoms with Crippen LogP contribution in [0.5, 0.6) is 0 Å². The summed E-state index contributed by atoms with van der Waals surface area (Å²) in [6.07, 6.45) is 0. The smallest absolute Gasteiger partial charge is 0.202 e. The van der Waals surface area contributed by atoms with Crippen LogP contribution in [0.3, 0.4) is 0 Å². The average Bonchev–Trinajstić information content (AvgIpc) is 1.88. The summed E-state index contributed by atoms with van der Waals surface area (Å²) in [6, 6.07) is -0.846. The second kappa shape index (κ2) is 7.60. The third-order valence-corrected chi connectivity index (χ3v) is 1.59. The maximum absolute atomic E-state index is 9.88. The number of rotatable bonds is 2. The lowest BCUT2D eigenvalue weighted by Gasteiger charge is -1.90. The Morgan fingerprint density at radius 3 is 1.08 bits per heavy atom. The van der Waals surface area contributed by atoms with Crippen molar-refractivity contribution < 1.29 is 9.59 Å². The van der Waals surface area contributed by atoms with Crippen molar-refractivity contribution in [1.82, 2.24) is 0 Å². The van der Waals surface area contributed by atoms with Gasteiger partial charge < -0.3 is 11.5 Å². The van der Waals surface area contributed by atoms with Crippen LogP contribution in [0.1, 0.15) is 13.8 Å². The van der Waals surface area contributed by atoms with Gasteiger partial charge in [-0.3, -0.25) is 9.59 Å². The second-order valence-electron chi connectivity index (χ2n) is 2.25. The normalized spacial score (nSPS) is 13.8. The third-order valence-electron chi connectivity index (χ3n) is 0.779. The van der Waals surface area contributed by atoms with Crippen molar-refractivity contribution >= 4 is 35.5 Å². The Kier molecular flexibility index (Phi) is 9.17. The lowest BCUT2D eigenvalue weighted by Crippen LogP contribution is -2.21. The molecule has 0 spiro atoms. The summed E-state index contributed by atoms with van der Waals surface area (Å²) in [5.74, 6) is 0. The number of nitrogens with two attached hydrogens (primary N) is 2. The van der Waals surface area contributed by atoms with E-state index in [1.807, 2.05) is 0 Å². The van der Waals surface area contributed by atoms with Crippen molar-refractivity contribution in [3.8, 4) is 0 Å². The Hall–Kier alpha value is -0.0400.